The number of para-hydroxylation sites is 1. The van der Waals surface area contributed by atoms with Gasteiger partial charge in [0.2, 0.25) is 5.91 Å². The molecule has 3 rings (SSSR count). The summed E-state index contributed by atoms with van der Waals surface area (Å²) in [6.07, 6.45) is 1.76. The number of thiocarbonyl (C=S) groups is 1. The fourth-order valence-electron chi connectivity index (χ4n) is 2.54. The zero-order chi connectivity index (χ0) is 19.2. The molecule has 0 spiro atoms. The molecule has 0 saturated heterocycles. The van der Waals surface area contributed by atoms with Crippen molar-refractivity contribution in [3.63, 3.8) is 0 Å². The number of aromatic nitrogens is 1. The molecule has 0 aliphatic rings. The Bertz CT molecular complexity index is 985. The molecule has 1 heterocycles. The van der Waals surface area contributed by atoms with Crippen molar-refractivity contribution in [3.8, 4) is 0 Å². The van der Waals surface area contributed by atoms with Gasteiger partial charge in [-0.1, -0.05) is 30.3 Å². The molecule has 138 valence electrons. The second kappa shape index (κ2) is 8.83. The second-order valence-electron chi connectivity index (χ2n) is 5.99. The van der Waals surface area contributed by atoms with E-state index in [1.807, 2.05) is 62.4 Å². The summed E-state index contributed by atoms with van der Waals surface area (Å²) in [4.78, 5) is 17.5. The van der Waals surface area contributed by atoms with Gasteiger partial charge in [0, 0.05) is 22.2 Å². The Labute approximate surface area is 167 Å². The molecule has 1 aromatic heterocycles. The van der Waals surface area contributed by atoms with E-state index in [0.717, 1.165) is 27.0 Å². The Kier molecular flexibility index (Phi) is 6.26. The highest BCUT2D eigenvalue weighted by Crippen LogP contribution is 2.25. The van der Waals surface area contributed by atoms with Crippen molar-refractivity contribution in [1.82, 2.24) is 15.8 Å². The number of anilines is 1. The molecule has 0 aliphatic carbocycles. The van der Waals surface area contributed by atoms with Crippen LogP contribution in [-0.4, -0.2) is 21.8 Å². The average molecular weight is 397 g/mol. The molecule has 0 saturated carbocycles. The van der Waals surface area contributed by atoms with E-state index in [1.54, 1.807) is 6.20 Å². The number of amides is 1. The number of aryl methyl sites for hydroxylation is 1. The SMILES string of the molecule is Cc1cccc(NC(=S)NNC(=O)CSc2cccc3cccnc23)c1C. The highest BCUT2D eigenvalue weighted by molar-refractivity contribution is 8.00. The Balaban J connectivity index is 1.51. The number of hydrazine groups is 1. The van der Waals surface area contributed by atoms with E-state index >= 15 is 0 Å². The fraction of sp³-hybridized carbons (Fsp3) is 0.150. The number of rotatable bonds is 4. The number of thioether (sulfide) groups is 1. The van der Waals surface area contributed by atoms with Gasteiger partial charge in [0.1, 0.15) is 0 Å². The minimum Gasteiger partial charge on any atom is -0.331 e. The predicted molar refractivity (Wildman–Crippen MR) is 116 cm³/mol. The molecular weight excluding hydrogens is 376 g/mol. The van der Waals surface area contributed by atoms with Crippen molar-refractivity contribution < 1.29 is 4.79 Å². The van der Waals surface area contributed by atoms with Crippen LogP contribution in [0.3, 0.4) is 0 Å². The normalized spacial score (nSPS) is 10.4. The van der Waals surface area contributed by atoms with Crippen LogP contribution in [0.1, 0.15) is 11.1 Å². The van der Waals surface area contributed by atoms with E-state index in [0.29, 0.717) is 5.11 Å². The van der Waals surface area contributed by atoms with Crippen LogP contribution in [0.2, 0.25) is 0 Å². The summed E-state index contributed by atoms with van der Waals surface area (Å²) in [5.74, 6) is 0.0902. The lowest BCUT2D eigenvalue weighted by Crippen LogP contribution is -2.44. The first-order valence-electron chi connectivity index (χ1n) is 8.43. The third kappa shape index (κ3) is 4.96. The Morgan fingerprint density at radius 1 is 1.07 bits per heavy atom. The summed E-state index contributed by atoms with van der Waals surface area (Å²) in [6, 6.07) is 15.8. The van der Waals surface area contributed by atoms with Gasteiger partial charge >= 0.3 is 0 Å². The maximum absolute atomic E-state index is 12.1. The Morgan fingerprint density at radius 3 is 2.70 bits per heavy atom. The van der Waals surface area contributed by atoms with E-state index < -0.39 is 0 Å². The summed E-state index contributed by atoms with van der Waals surface area (Å²) in [5.41, 5.74) is 9.47. The van der Waals surface area contributed by atoms with Crippen LogP contribution < -0.4 is 16.2 Å². The average Bonchev–Trinajstić information content (AvgIpc) is 2.68. The van der Waals surface area contributed by atoms with Crippen molar-refractivity contribution in [3.05, 3.63) is 65.9 Å². The molecule has 0 atom stereocenters. The largest absolute Gasteiger partial charge is 0.331 e. The molecule has 2 aromatic carbocycles. The number of carbonyl (C=O) groups excluding carboxylic acids is 1. The first-order valence-corrected chi connectivity index (χ1v) is 9.82. The van der Waals surface area contributed by atoms with Gasteiger partial charge in [0.25, 0.3) is 0 Å². The van der Waals surface area contributed by atoms with Gasteiger partial charge in [0.15, 0.2) is 5.11 Å². The minimum absolute atomic E-state index is 0.168. The molecule has 3 aromatic rings. The van der Waals surface area contributed by atoms with E-state index in [9.17, 15) is 4.79 Å². The van der Waals surface area contributed by atoms with Gasteiger partial charge in [-0.3, -0.25) is 20.6 Å². The van der Waals surface area contributed by atoms with Gasteiger partial charge < -0.3 is 5.32 Å². The van der Waals surface area contributed by atoms with E-state index in [-0.39, 0.29) is 11.7 Å². The lowest BCUT2D eigenvalue weighted by atomic mass is 10.1. The smallest absolute Gasteiger partial charge is 0.248 e. The molecule has 1 amide bonds. The first-order chi connectivity index (χ1) is 13.0. The molecule has 0 aliphatic heterocycles. The molecule has 7 heteroatoms. The van der Waals surface area contributed by atoms with Gasteiger partial charge in [-0.2, -0.15) is 0 Å². The van der Waals surface area contributed by atoms with Crippen molar-refractivity contribution in [2.24, 2.45) is 0 Å². The molecule has 27 heavy (non-hydrogen) atoms. The third-order valence-electron chi connectivity index (χ3n) is 4.12. The van der Waals surface area contributed by atoms with Crippen molar-refractivity contribution in [2.45, 2.75) is 18.7 Å². The number of benzene rings is 2. The number of hydrogen-bond acceptors (Lipinski definition) is 4. The Morgan fingerprint density at radius 2 is 1.85 bits per heavy atom. The third-order valence-corrected chi connectivity index (χ3v) is 5.37. The molecule has 3 N–H and O–H groups in total. The monoisotopic (exact) mass is 396 g/mol. The lowest BCUT2D eigenvalue weighted by molar-refractivity contribution is -0.119. The number of pyridine rings is 1. The minimum atomic E-state index is -0.168. The lowest BCUT2D eigenvalue weighted by Gasteiger charge is -2.14. The second-order valence-corrected chi connectivity index (χ2v) is 7.42. The van der Waals surface area contributed by atoms with Crippen molar-refractivity contribution in [2.75, 3.05) is 11.1 Å². The quantitative estimate of drug-likeness (QED) is 0.352. The maximum Gasteiger partial charge on any atom is 0.248 e. The maximum atomic E-state index is 12.1. The summed E-state index contributed by atoms with van der Waals surface area (Å²) in [6.45, 7) is 4.06. The van der Waals surface area contributed by atoms with Crippen LogP contribution in [0.25, 0.3) is 10.9 Å². The topological polar surface area (TPSA) is 66.0 Å². The zero-order valence-corrected chi connectivity index (χ0v) is 16.7. The number of carbonyl (C=O) groups is 1. The fourth-order valence-corrected chi connectivity index (χ4v) is 3.54. The highest BCUT2D eigenvalue weighted by Gasteiger charge is 2.08. The van der Waals surface area contributed by atoms with Crippen LogP contribution in [0.4, 0.5) is 5.69 Å². The van der Waals surface area contributed by atoms with Crippen LogP contribution in [-0.2, 0) is 4.79 Å². The number of nitrogens with one attached hydrogen (secondary N) is 3. The van der Waals surface area contributed by atoms with Gasteiger partial charge in [-0.25, -0.2) is 0 Å². The van der Waals surface area contributed by atoms with Gasteiger partial charge in [-0.05, 0) is 55.4 Å². The summed E-state index contributed by atoms with van der Waals surface area (Å²) in [5, 5.41) is 4.49. The number of hydrogen-bond donors (Lipinski definition) is 3. The molecular formula is C20H20N4OS2. The molecule has 0 bridgehead atoms. The zero-order valence-electron chi connectivity index (χ0n) is 15.1. The Hall–Kier alpha value is -2.64. The van der Waals surface area contributed by atoms with E-state index in [1.165, 1.54) is 17.3 Å². The van der Waals surface area contributed by atoms with E-state index in [2.05, 4.69) is 21.2 Å². The molecule has 5 nitrogen and oxygen atoms in total. The van der Waals surface area contributed by atoms with E-state index in [4.69, 9.17) is 12.2 Å². The van der Waals surface area contributed by atoms with Crippen molar-refractivity contribution in [1.29, 1.82) is 0 Å². The number of nitrogens with zero attached hydrogens (tertiary/aromatic N) is 1. The molecule has 0 fully saturated rings. The van der Waals surface area contributed by atoms with Crippen LogP contribution in [0.5, 0.6) is 0 Å². The predicted octanol–water partition coefficient (Wildman–Crippen LogP) is 3.96. The summed E-state index contributed by atoms with van der Waals surface area (Å²) in [7, 11) is 0. The summed E-state index contributed by atoms with van der Waals surface area (Å²) < 4.78 is 0. The van der Waals surface area contributed by atoms with Crippen LogP contribution >= 0.6 is 24.0 Å². The first kappa shape index (κ1) is 19.1. The van der Waals surface area contributed by atoms with Crippen molar-refractivity contribution >= 4 is 51.6 Å². The standard InChI is InChI=1S/C20H20N4OS2/c1-13-6-3-9-16(14(13)2)22-20(26)24-23-18(25)12-27-17-10-4-7-15-8-5-11-21-19(15)17/h3-11H,12H2,1-2H3,(H,23,25)(H2,22,24,26). The number of fused-ring (bicyclic) bond motifs is 1. The molecule has 0 radical (unpaired) electrons. The highest BCUT2D eigenvalue weighted by atomic mass is 32.2. The summed E-state index contributed by atoms with van der Waals surface area (Å²) >= 11 is 6.68. The van der Waals surface area contributed by atoms with Gasteiger partial charge in [0.05, 0.1) is 11.3 Å². The molecule has 0 unspecified atom stereocenters. The van der Waals surface area contributed by atoms with Gasteiger partial charge in [-0.15, -0.1) is 11.8 Å². The van der Waals surface area contributed by atoms with Crippen LogP contribution in [0, 0.1) is 13.8 Å². The van der Waals surface area contributed by atoms with Crippen LogP contribution in [0.15, 0.2) is 59.6 Å².